The Balaban J connectivity index is 1.83. The number of rotatable bonds is 6. The van der Waals surface area contributed by atoms with Crippen LogP contribution in [0.3, 0.4) is 0 Å². The average Bonchev–Trinajstić information content (AvgIpc) is 3.06. The maximum atomic E-state index is 11.9. The number of para-hydroxylation sites is 1. The van der Waals surface area contributed by atoms with Crippen LogP contribution in [0.4, 0.5) is 0 Å². The molecule has 0 aliphatic carbocycles. The summed E-state index contributed by atoms with van der Waals surface area (Å²) >= 11 is 0. The number of fused-ring (bicyclic) bond motifs is 1. The van der Waals surface area contributed by atoms with Crippen molar-refractivity contribution in [2.24, 2.45) is 5.73 Å². The van der Waals surface area contributed by atoms with Crippen LogP contribution < -0.4 is 5.73 Å². The minimum atomic E-state index is -0.287. The maximum Gasteiger partial charge on any atom is 0.218 e. The highest BCUT2D eigenvalue weighted by Crippen LogP contribution is 2.35. The van der Waals surface area contributed by atoms with Crippen LogP contribution in [0.2, 0.25) is 0 Å². The van der Waals surface area contributed by atoms with Gasteiger partial charge in [0.1, 0.15) is 0 Å². The van der Waals surface area contributed by atoms with Crippen LogP contribution in [-0.4, -0.2) is 10.5 Å². The maximum absolute atomic E-state index is 11.9. The summed E-state index contributed by atoms with van der Waals surface area (Å²) < 4.78 is 2.27. The second kappa shape index (κ2) is 7.73. The SMILES string of the molecule is Cc1ccc([C@H](CC(N)=O)c2cn(Cc3ccccc3)c3ccccc23)cc1. The molecular formula is C25H24N2O. The molecule has 4 aromatic rings. The number of hydrogen-bond donors (Lipinski definition) is 1. The van der Waals surface area contributed by atoms with E-state index in [9.17, 15) is 4.79 Å². The van der Waals surface area contributed by atoms with Gasteiger partial charge < -0.3 is 10.3 Å². The molecule has 0 saturated heterocycles. The summed E-state index contributed by atoms with van der Waals surface area (Å²) in [5, 5.41) is 1.17. The fourth-order valence-corrected chi connectivity index (χ4v) is 3.87. The predicted octanol–water partition coefficient (Wildman–Crippen LogP) is 5.01. The van der Waals surface area contributed by atoms with E-state index in [-0.39, 0.29) is 11.8 Å². The lowest BCUT2D eigenvalue weighted by Gasteiger charge is -2.16. The monoisotopic (exact) mass is 368 g/mol. The summed E-state index contributed by atoms with van der Waals surface area (Å²) in [6.07, 6.45) is 2.48. The number of carbonyl (C=O) groups excluding carboxylic acids is 1. The van der Waals surface area contributed by atoms with Crippen molar-refractivity contribution < 1.29 is 4.79 Å². The summed E-state index contributed by atoms with van der Waals surface area (Å²) in [5.74, 6) is -0.342. The molecule has 28 heavy (non-hydrogen) atoms. The van der Waals surface area contributed by atoms with Crippen molar-refractivity contribution in [2.45, 2.75) is 25.8 Å². The Morgan fingerprint density at radius 3 is 2.32 bits per heavy atom. The molecule has 3 heteroatoms. The van der Waals surface area contributed by atoms with Crippen molar-refractivity contribution in [3.05, 3.63) is 107 Å². The van der Waals surface area contributed by atoms with Gasteiger partial charge in [-0.25, -0.2) is 0 Å². The van der Waals surface area contributed by atoms with Gasteiger partial charge >= 0.3 is 0 Å². The molecule has 1 atom stereocenters. The largest absolute Gasteiger partial charge is 0.370 e. The highest BCUT2D eigenvalue weighted by molar-refractivity contribution is 5.86. The second-order valence-electron chi connectivity index (χ2n) is 7.35. The molecule has 0 fully saturated rings. The van der Waals surface area contributed by atoms with E-state index in [1.54, 1.807) is 0 Å². The Morgan fingerprint density at radius 1 is 0.929 bits per heavy atom. The normalized spacial score (nSPS) is 12.2. The van der Waals surface area contributed by atoms with Crippen molar-refractivity contribution >= 4 is 16.8 Å². The predicted molar refractivity (Wildman–Crippen MR) is 114 cm³/mol. The average molecular weight is 368 g/mol. The van der Waals surface area contributed by atoms with Crippen LogP contribution in [0.15, 0.2) is 85.1 Å². The summed E-state index contributed by atoms with van der Waals surface area (Å²) in [7, 11) is 0. The van der Waals surface area contributed by atoms with Crippen molar-refractivity contribution in [3.63, 3.8) is 0 Å². The van der Waals surface area contributed by atoms with E-state index in [2.05, 4.69) is 90.5 Å². The van der Waals surface area contributed by atoms with Crippen LogP contribution in [-0.2, 0) is 11.3 Å². The zero-order chi connectivity index (χ0) is 19.5. The minimum Gasteiger partial charge on any atom is -0.370 e. The molecule has 0 radical (unpaired) electrons. The van der Waals surface area contributed by atoms with Gasteiger partial charge in [0.2, 0.25) is 5.91 Å². The second-order valence-corrected chi connectivity index (χ2v) is 7.35. The van der Waals surface area contributed by atoms with Crippen molar-refractivity contribution in [1.82, 2.24) is 4.57 Å². The lowest BCUT2D eigenvalue weighted by molar-refractivity contribution is -0.118. The number of carbonyl (C=O) groups is 1. The third kappa shape index (κ3) is 3.70. The molecule has 0 saturated carbocycles. The molecule has 1 amide bonds. The van der Waals surface area contributed by atoms with Gasteiger partial charge in [0, 0.05) is 36.0 Å². The lowest BCUT2D eigenvalue weighted by Crippen LogP contribution is -2.16. The molecule has 140 valence electrons. The van der Waals surface area contributed by atoms with Crippen molar-refractivity contribution in [2.75, 3.05) is 0 Å². The molecule has 2 N–H and O–H groups in total. The number of nitrogens with zero attached hydrogens (tertiary/aromatic N) is 1. The summed E-state index contributed by atoms with van der Waals surface area (Å²) in [6.45, 7) is 2.86. The third-order valence-corrected chi connectivity index (χ3v) is 5.28. The molecule has 4 rings (SSSR count). The molecule has 3 aromatic carbocycles. The highest BCUT2D eigenvalue weighted by Gasteiger charge is 2.21. The highest BCUT2D eigenvalue weighted by atomic mass is 16.1. The fourth-order valence-electron chi connectivity index (χ4n) is 3.87. The van der Waals surface area contributed by atoms with Gasteiger partial charge in [-0.15, -0.1) is 0 Å². The van der Waals surface area contributed by atoms with Gasteiger partial charge in [-0.1, -0.05) is 78.4 Å². The van der Waals surface area contributed by atoms with Gasteiger partial charge in [0.15, 0.2) is 0 Å². The summed E-state index contributed by atoms with van der Waals surface area (Å²) in [4.78, 5) is 11.9. The first-order valence-electron chi connectivity index (χ1n) is 9.58. The van der Waals surface area contributed by atoms with E-state index >= 15 is 0 Å². The van der Waals surface area contributed by atoms with Crippen LogP contribution in [0.5, 0.6) is 0 Å². The summed E-state index contributed by atoms with van der Waals surface area (Å²) in [6, 6.07) is 27.2. The summed E-state index contributed by atoms with van der Waals surface area (Å²) in [5.41, 5.74) is 11.5. The first kappa shape index (κ1) is 18.1. The number of hydrogen-bond acceptors (Lipinski definition) is 1. The molecule has 0 aliphatic heterocycles. The first-order valence-corrected chi connectivity index (χ1v) is 9.58. The van der Waals surface area contributed by atoms with Gasteiger partial charge in [-0.05, 0) is 29.7 Å². The Labute approximate surface area is 165 Å². The first-order chi connectivity index (χ1) is 13.6. The van der Waals surface area contributed by atoms with Gasteiger partial charge in [0.25, 0.3) is 0 Å². The zero-order valence-corrected chi connectivity index (χ0v) is 16.0. The number of primary amides is 1. The topological polar surface area (TPSA) is 48.0 Å². The van der Waals surface area contributed by atoms with Gasteiger partial charge in [-0.3, -0.25) is 4.79 Å². The van der Waals surface area contributed by atoms with Crippen molar-refractivity contribution in [3.8, 4) is 0 Å². The molecule has 3 nitrogen and oxygen atoms in total. The van der Waals surface area contributed by atoms with Crippen molar-refractivity contribution in [1.29, 1.82) is 0 Å². The number of aryl methyl sites for hydroxylation is 1. The smallest absolute Gasteiger partial charge is 0.218 e. The minimum absolute atomic E-state index is 0.0555. The van der Waals surface area contributed by atoms with Crippen LogP contribution in [0.1, 0.15) is 34.6 Å². The van der Waals surface area contributed by atoms with E-state index in [0.717, 1.165) is 17.7 Å². The number of amides is 1. The lowest BCUT2D eigenvalue weighted by atomic mass is 9.87. The quantitative estimate of drug-likeness (QED) is 0.511. The third-order valence-electron chi connectivity index (χ3n) is 5.28. The molecule has 1 heterocycles. The van der Waals surface area contributed by atoms with Crippen LogP contribution in [0, 0.1) is 6.92 Å². The Hall–Kier alpha value is -3.33. The fraction of sp³-hybridized carbons (Fsp3) is 0.160. The zero-order valence-electron chi connectivity index (χ0n) is 16.0. The molecule has 0 unspecified atom stereocenters. The number of aromatic nitrogens is 1. The van der Waals surface area contributed by atoms with E-state index < -0.39 is 0 Å². The standard InChI is InChI=1S/C25H24N2O/c1-18-11-13-20(14-12-18)22(15-25(26)28)23-17-27(16-19-7-3-2-4-8-19)24-10-6-5-9-21(23)24/h2-14,17,22H,15-16H2,1H3,(H2,26,28)/t22-/m0/s1. The molecule has 0 aliphatic rings. The molecule has 0 spiro atoms. The van der Waals surface area contributed by atoms with Gasteiger partial charge in [0.05, 0.1) is 0 Å². The number of nitrogens with two attached hydrogens (primary N) is 1. The van der Waals surface area contributed by atoms with E-state index in [4.69, 9.17) is 5.73 Å². The van der Waals surface area contributed by atoms with E-state index in [1.165, 1.54) is 22.0 Å². The van der Waals surface area contributed by atoms with E-state index in [0.29, 0.717) is 6.42 Å². The van der Waals surface area contributed by atoms with Gasteiger partial charge in [-0.2, -0.15) is 0 Å². The number of benzene rings is 3. The molecular weight excluding hydrogens is 344 g/mol. The van der Waals surface area contributed by atoms with Crippen LogP contribution in [0.25, 0.3) is 10.9 Å². The Morgan fingerprint density at radius 2 is 1.61 bits per heavy atom. The Kier molecular flexibility index (Phi) is 4.98. The van der Waals surface area contributed by atoms with Crippen LogP contribution >= 0.6 is 0 Å². The molecule has 1 aromatic heterocycles. The van der Waals surface area contributed by atoms with E-state index in [1.807, 2.05) is 6.07 Å². The Bertz CT molecular complexity index is 1090. The molecule has 0 bridgehead atoms.